The number of pyridine rings is 1. The predicted molar refractivity (Wildman–Crippen MR) is 126 cm³/mol. The zero-order valence-electron chi connectivity index (χ0n) is 18.0. The molecule has 0 bridgehead atoms. The average molecular weight is 465 g/mol. The molecule has 1 aliphatic heterocycles. The number of piperidine rings is 1. The second-order valence-corrected chi connectivity index (χ2v) is 8.95. The normalized spacial score (nSPS) is 14.4. The SMILES string of the molecule is Cc1nc(Nc2nccc(-c3sc(C4CCNCC4)nc3-c3ccc(F)cc3)n2)ccc1F. The van der Waals surface area contributed by atoms with Crippen LogP contribution < -0.4 is 10.6 Å². The van der Waals surface area contributed by atoms with E-state index in [1.807, 2.05) is 6.07 Å². The minimum atomic E-state index is -0.366. The van der Waals surface area contributed by atoms with E-state index in [-0.39, 0.29) is 11.6 Å². The molecule has 1 aliphatic rings. The van der Waals surface area contributed by atoms with E-state index in [0.717, 1.165) is 47.1 Å². The van der Waals surface area contributed by atoms with Gasteiger partial charge in [0.1, 0.15) is 17.5 Å². The first-order valence-electron chi connectivity index (χ1n) is 10.8. The van der Waals surface area contributed by atoms with Crippen molar-refractivity contribution in [1.82, 2.24) is 25.3 Å². The van der Waals surface area contributed by atoms with Crippen LogP contribution in [0.1, 0.15) is 29.5 Å². The third kappa shape index (κ3) is 4.74. The van der Waals surface area contributed by atoms with Crippen molar-refractivity contribution in [2.75, 3.05) is 18.4 Å². The van der Waals surface area contributed by atoms with Crippen LogP contribution >= 0.6 is 11.3 Å². The summed E-state index contributed by atoms with van der Waals surface area (Å²) in [7, 11) is 0. The Kier molecular flexibility index (Phi) is 6.06. The van der Waals surface area contributed by atoms with E-state index in [2.05, 4.69) is 25.6 Å². The lowest BCUT2D eigenvalue weighted by atomic mass is 9.99. The van der Waals surface area contributed by atoms with Gasteiger partial charge in [-0.2, -0.15) is 0 Å². The number of hydrogen-bond acceptors (Lipinski definition) is 7. The van der Waals surface area contributed by atoms with Crippen molar-refractivity contribution in [3.63, 3.8) is 0 Å². The van der Waals surface area contributed by atoms with Gasteiger partial charge in [-0.1, -0.05) is 0 Å². The lowest BCUT2D eigenvalue weighted by Crippen LogP contribution is -2.26. The number of nitrogens with zero attached hydrogens (tertiary/aromatic N) is 4. The molecule has 1 saturated heterocycles. The van der Waals surface area contributed by atoms with E-state index in [4.69, 9.17) is 4.98 Å². The van der Waals surface area contributed by atoms with Gasteiger partial charge in [0.15, 0.2) is 0 Å². The van der Waals surface area contributed by atoms with Crippen LogP contribution in [0.5, 0.6) is 0 Å². The summed E-state index contributed by atoms with van der Waals surface area (Å²) in [5.41, 5.74) is 2.63. The maximum Gasteiger partial charge on any atom is 0.228 e. The number of halogens is 2. The molecule has 1 aromatic carbocycles. The minimum Gasteiger partial charge on any atom is -0.317 e. The van der Waals surface area contributed by atoms with Crippen LogP contribution in [0.15, 0.2) is 48.7 Å². The quantitative estimate of drug-likeness (QED) is 0.409. The van der Waals surface area contributed by atoms with Crippen molar-refractivity contribution in [1.29, 1.82) is 0 Å². The van der Waals surface area contributed by atoms with Gasteiger partial charge in [0, 0.05) is 17.7 Å². The van der Waals surface area contributed by atoms with E-state index in [0.29, 0.717) is 29.1 Å². The Morgan fingerprint density at radius 2 is 1.76 bits per heavy atom. The third-order valence-corrected chi connectivity index (χ3v) is 6.84. The number of aromatic nitrogens is 4. The molecule has 4 heterocycles. The Hall–Kier alpha value is -3.30. The summed E-state index contributed by atoms with van der Waals surface area (Å²) in [5, 5.41) is 7.50. The molecule has 0 aliphatic carbocycles. The fraction of sp³-hybridized carbons (Fsp3) is 0.250. The fourth-order valence-electron chi connectivity index (χ4n) is 3.83. The lowest BCUT2D eigenvalue weighted by Gasteiger charge is -2.20. The zero-order valence-corrected chi connectivity index (χ0v) is 18.8. The minimum absolute atomic E-state index is 0.287. The van der Waals surface area contributed by atoms with Crippen LogP contribution in [0.2, 0.25) is 0 Å². The van der Waals surface area contributed by atoms with Crippen molar-refractivity contribution in [2.24, 2.45) is 0 Å². The molecule has 5 rings (SSSR count). The molecule has 0 amide bonds. The van der Waals surface area contributed by atoms with Crippen molar-refractivity contribution in [3.05, 3.63) is 71.0 Å². The number of anilines is 2. The molecule has 2 N–H and O–H groups in total. The lowest BCUT2D eigenvalue weighted by molar-refractivity contribution is 0.459. The number of rotatable bonds is 5. The van der Waals surface area contributed by atoms with Gasteiger partial charge < -0.3 is 10.6 Å². The van der Waals surface area contributed by atoms with Crippen LogP contribution in [0.4, 0.5) is 20.5 Å². The first-order chi connectivity index (χ1) is 16.1. The van der Waals surface area contributed by atoms with Gasteiger partial charge in [-0.15, -0.1) is 11.3 Å². The van der Waals surface area contributed by atoms with Crippen LogP contribution in [0.25, 0.3) is 21.8 Å². The Labute approximate surface area is 194 Å². The maximum atomic E-state index is 13.6. The largest absolute Gasteiger partial charge is 0.317 e. The summed E-state index contributed by atoms with van der Waals surface area (Å²) in [5.74, 6) is 0.548. The molecular weight excluding hydrogens is 442 g/mol. The van der Waals surface area contributed by atoms with Gasteiger partial charge in [0.25, 0.3) is 0 Å². The Balaban J connectivity index is 1.53. The summed E-state index contributed by atoms with van der Waals surface area (Å²) in [4.78, 5) is 19.1. The molecule has 168 valence electrons. The number of hydrogen-bond donors (Lipinski definition) is 2. The summed E-state index contributed by atoms with van der Waals surface area (Å²) in [6, 6.07) is 11.1. The molecule has 0 radical (unpaired) electrons. The molecule has 1 fully saturated rings. The summed E-state index contributed by atoms with van der Waals surface area (Å²) in [6.45, 7) is 3.54. The van der Waals surface area contributed by atoms with Crippen LogP contribution in [-0.2, 0) is 0 Å². The predicted octanol–water partition coefficient (Wildman–Crippen LogP) is 5.46. The van der Waals surface area contributed by atoms with Crippen LogP contribution in [0.3, 0.4) is 0 Å². The van der Waals surface area contributed by atoms with Gasteiger partial charge in [0.05, 0.1) is 27.0 Å². The molecule has 9 heteroatoms. The van der Waals surface area contributed by atoms with Crippen LogP contribution in [0, 0.1) is 18.6 Å². The molecule has 4 aromatic rings. The van der Waals surface area contributed by atoms with Crippen LogP contribution in [-0.4, -0.2) is 33.0 Å². The van der Waals surface area contributed by atoms with Crippen molar-refractivity contribution >= 4 is 23.1 Å². The standard InChI is InChI=1S/C24H22F2N6S/c1-14-18(26)6-7-20(29-14)31-24-28-13-10-19(30-24)22-21(15-2-4-17(25)5-3-15)32-23(33-22)16-8-11-27-12-9-16/h2-7,10,13,16,27H,8-9,11-12H2,1H3,(H,28,29,30,31). The molecule has 0 spiro atoms. The topological polar surface area (TPSA) is 75.6 Å². The van der Waals surface area contributed by atoms with Gasteiger partial charge in [-0.25, -0.2) is 28.7 Å². The highest BCUT2D eigenvalue weighted by Gasteiger charge is 2.23. The number of aryl methyl sites for hydroxylation is 1. The molecule has 6 nitrogen and oxygen atoms in total. The van der Waals surface area contributed by atoms with Gasteiger partial charge >= 0.3 is 0 Å². The first kappa shape index (κ1) is 21.5. The number of benzene rings is 1. The monoisotopic (exact) mass is 464 g/mol. The highest BCUT2D eigenvalue weighted by atomic mass is 32.1. The van der Waals surface area contributed by atoms with Gasteiger partial charge in [-0.3, -0.25) is 0 Å². The second kappa shape index (κ2) is 9.29. The number of thiazole rings is 1. The van der Waals surface area contributed by atoms with E-state index in [9.17, 15) is 8.78 Å². The average Bonchev–Trinajstić information content (AvgIpc) is 3.28. The van der Waals surface area contributed by atoms with E-state index >= 15 is 0 Å². The van der Waals surface area contributed by atoms with Gasteiger partial charge in [-0.05, 0) is 75.3 Å². The van der Waals surface area contributed by atoms with Crippen molar-refractivity contribution in [3.8, 4) is 21.8 Å². The second-order valence-electron chi connectivity index (χ2n) is 7.92. The third-order valence-electron chi connectivity index (χ3n) is 5.60. The highest BCUT2D eigenvalue weighted by molar-refractivity contribution is 7.15. The fourth-order valence-corrected chi connectivity index (χ4v) is 5.06. The number of nitrogens with one attached hydrogen (secondary N) is 2. The summed E-state index contributed by atoms with van der Waals surface area (Å²) < 4.78 is 27.1. The molecule has 3 aromatic heterocycles. The van der Waals surface area contributed by atoms with Gasteiger partial charge in [0.2, 0.25) is 5.95 Å². The molecule has 0 unspecified atom stereocenters. The zero-order chi connectivity index (χ0) is 22.8. The molecule has 0 saturated carbocycles. The summed E-state index contributed by atoms with van der Waals surface area (Å²) in [6.07, 6.45) is 3.73. The van der Waals surface area contributed by atoms with E-state index < -0.39 is 0 Å². The Morgan fingerprint density at radius 1 is 0.970 bits per heavy atom. The first-order valence-corrected chi connectivity index (χ1v) is 11.6. The Morgan fingerprint density at radius 3 is 2.52 bits per heavy atom. The van der Waals surface area contributed by atoms with Crippen molar-refractivity contribution < 1.29 is 8.78 Å². The maximum absolute atomic E-state index is 13.6. The van der Waals surface area contributed by atoms with E-state index in [1.165, 1.54) is 18.2 Å². The van der Waals surface area contributed by atoms with E-state index in [1.54, 1.807) is 42.7 Å². The Bertz CT molecular complexity index is 1270. The molecule has 33 heavy (non-hydrogen) atoms. The highest BCUT2D eigenvalue weighted by Crippen LogP contribution is 2.40. The smallest absolute Gasteiger partial charge is 0.228 e. The molecule has 0 atom stereocenters. The summed E-state index contributed by atoms with van der Waals surface area (Å²) >= 11 is 1.62. The van der Waals surface area contributed by atoms with Crippen molar-refractivity contribution in [2.45, 2.75) is 25.7 Å². The molecular formula is C24H22F2N6S.